The molecular formula is C22H27ClFN5. The van der Waals surface area contributed by atoms with Crippen LogP contribution in [0.15, 0.2) is 36.7 Å². The van der Waals surface area contributed by atoms with Crippen molar-refractivity contribution in [3.8, 4) is 11.1 Å². The number of nitrogens with zero attached hydrogens (tertiary/aromatic N) is 3. The van der Waals surface area contributed by atoms with Crippen molar-refractivity contribution < 1.29 is 4.39 Å². The lowest BCUT2D eigenvalue weighted by atomic mass is 10.0. The molecule has 29 heavy (non-hydrogen) atoms. The number of fused-ring (bicyclic) bond motifs is 1. The second-order valence-electron chi connectivity index (χ2n) is 8.48. The van der Waals surface area contributed by atoms with Crippen molar-refractivity contribution in [1.82, 2.24) is 25.4 Å². The third-order valence-corrected chi connectivity index (χ3v) is 5.63. The maximum atomic E-state index is 13.9. The van der Waals surface area contributed by atoms with Crippen molar-refractivity contribution in [3.05, 3.63) is 47.4 Å². The first-order chi connectivity index (χ1) is 13.9. The van der Waals surface area contributed by atoms with Crippen molar-refractivity contribution >= 4 is 22.5 Å². The molecular weight excluding hydrogens is 389 g/mol. The lowest BCUT2D eigenvalue weighted by Crippen LogP contribution is -2.45. The van der Waals surface area contributed by atoms with Gasteiger partial charge in [-0.3, -0.25) is 10.1 Å². The molecule has 154 valence electrons. The summed E-state index contributed by atoms with van der Waals surface area (Å²) in [5, 5.41) is 13.0. The summed E-state index contributed by atoms with van der Waals surface area (Å²) in [6.07, 6.45) is 5.51. The zero-order valence-corrected chi connectivity index (χ0v) is 17.6. The van der Waals surface area contributed by atoms with Gasteiger partial charge in [0.1, 0.15) is 5.67 Å². The van der Waals surface area contributed by atoms with Crippen LogP contribution < -0.4 is 5.32 Å². The minimum absolute atomic E-state index is 0.438. The summed E-state index contributed by atoms with van der Waals surface area (Å²) in [6, 6.07) is 8.54. The number of aromatic amines is 1. The normalized spacial score (nSPS) is 16.6. The monoisotopic (exact) mass is 415 g/mol. The first-order valence-corrected chi connectivity index (χ1v) is 10.5. The van der Waals surface area contributed by atoms with Crippen LogP contribution in [0, 0.1) is 0 Å². The van der Waals surface area contributed by atoms with Gasteiger partial charge in [-0.05, 0) is 63.5 Å². The van der Waals surface area contributed by atoms with Gasteiger partial charge in [0.15, 0.2) is 0 Å². The standard InChI is InChI=1S/C22H27ClFN5/c1-22(2,24)14-29-7-5-18(6-8-29)26-13-21-19-10-15(3-4-20(19)27-28-21)16-9-17(23)12-25-11-16/h3-4,9-12,18,26H,5-8,13-14H2,1-2H3,(H,27,28). The fourth-order valence-corrected chi connectivity index (χ4v) is 4.19. The number of pyridine rings is 1. The fraction of sp³-hybridized carbons (Fsp3) is 0.455. The largest absolute Gasteiger partial charge is 0.308 e. The number of aromatic nitrogens is 3. The second-order valence-corrected chi connectivity index (χ2v) is 8.91. The molecule has 1 aliphatic rings. The van der Waals surface area contributed by atoms with E-state index in [0.29, 0.717) is 17.6 Å². The lowest BCUT2D eigenvalue weighted by molar-refractivity contribution is 0.101. The van der Waals surface area contributed by atoms with Gasteiger partial charge in [-0.25, -0.2) is 4.39 Å². The average Bonchev–Trinajstić information content (AvgIpc) is 3.08. The highest BCUT2D eigenvalue weighted by molar-refractivity contribution is 6.30. The number of rotatable bonds is 6. The fourth-order valence-electron chi connectivity index (χ4n) is 4.02. The number of alkyl halides is 1. The highest BCUT2D eigenvalue weighted by Gasteiger charge is 2.25. The van der Waals surface area contributed by atoms with Gasteiger partial charge in [-0.1, -0.05) is 17.7 Å². The molecule has 1 aliphatic heterocycles. The lowest BCUT2D eigenvalue weighted by Gasteiger charge is -2.34. The van der Waals surface area contributed by atoms with E-state index in [9.17, 15) is 4.39 Å². The van der Waals surface area contributed by atoms with E-state index in [-0.39, 0.29) is 0 Å². The van der Waals surface area contributed by atoms with E-state index in [1.807, 2.05) is 24.4 Å². The molecule has 0 aliphatic carbocycles. The highest BCUT2D eigenvalue weighted by atomic mass is 35.5. The van der Waals surface area contributed by atoms with E-state index in [1.54, 1.807) is 20.0 Å². The topological polar surface area (TPSA) is 56.8 Å². The number of hydrogen-bond acceptors (Lipinski definition) is 4. The van der Waals surface area contributed by atoms with Crippen LogP contribution in [0.4, 0.5) is 4.39 Å². The van der Waals surface area contributed by atoms with Gasteiger partial charge < -0.3 is 10.2 Å². The quantitative estimate of drug-likeness (QED) is 0.618. The summed E-state index contributed by atoms with van der Waals surface area (Å²) in [7, 11) is 0. The summed E-state index contributed by atoms with van der Waals surface area (Å²) in [4.78, 5) is 6.40. The van der Waals surface area contributed by atoms with E-state index < -0.39 is 5.67 Å². The van der Waals surface area contributed by atoms with Crippen LogP contribution >= 0.6 is 11.6 Å². The summed E-state index contributed by atoms with van der Waals surface area (Å²) in [5.41, 5.74) is 2.94. The van der Waals surface area contributed by atoms with Crippen molar-refractivity contribution in [2.45, 2.75) is 44.9 Å². The number of hydrogen-bond donors (Lipinski definition) is 2. The number of halogens is 2. The SMILES string of the molecule is CC(C)(F)CN1CCC(NCc2[nH]nc3ccc(-c4cncc(Cl)c4)cc23)CC1. The number of H-pyrrole nitrogens is 1. The molecule has 3 aromatic rings. The van der Waals surface area contributed by atoms with Gasteiger partial charge in [0.05, 0.1) is 16.2 Å². The first-order valence-electron chi connectivity index (χ1n) is 10.1. The van der Waals surface area contributed by atoms with E-state index >= 15 is 0 Å². The molecule has 1 fully saturated rings. The van der Waals surface area contributed by atoms with Crippen molar-refractivity contribution in [1.29, 1.82) is 0 Å². The Morgan fingerprint density at radius 1 is 1.21 bits per heavy atom. The summed E-state index contributed by atoms with van der Waals surface area (Å²) >= 11 is 6.09. The zero-order valence-electron chi connectivity index (χ0n) is 16.9. The van der Waals surface area contributed by atoms with E-state index in [0.717, 1.165) is 60.2 Å². The Morgan fingerprint density at radius 2 is 2.00 bits per heavy atom. The minimum Gasteiger partial charge on any atom is -0.308 e. The van der Waals surface area contributed by atoms with Gasteiger partial charge in [-0.15, -0.1) is 0 Å². The molecule has 0 bridgehead atoms. The Morgan fingerprint density at radius 3 is 2.72 bits per heavy atom. The Balaban J connectivity index is 1.41. The smallest absolute Gasteiger partial charge is 0.118 e. The van der Waals surface area contributed by atoms with E-state index in [4.69, 9.17) is 11.6 Å². The molecule has 3 heterocycles. The van der Waals surface area contributed by atoms with Crippen LogP contribution in [0.5, 0.6) is 0 Å². The van der Waals surface area contributed by atoms with E-state index in [1.165, 1.54) is 0 Å². The number of likely N-dealkylation sites (tertiary alicyclic amines) is 1. The van der Waals surface area contributed by atoms with Crippen molar-refractivity contribution in [3.63, 3.8) is 0 Å². The Kier molecular flexibility index (Phi) is 5.86. The molecule has 0 unspecified atom stereocenters. The van der Waals surface area contributed by atoms with Crippen molar-refractivity contribution in [2.75, 3.05) is 19.6 Å². The molecule has 4 rings (SSSR count). The molecule has 2 N–H and O–H groups in total. The number of piperidine rings is 1. The summed E-state index contributed by atoms with van der Waals surface area (Å²) < 4.78 is 13.9. The number of benzene rings is 1. The molecule has 0 spiro atoms. The van der Waals surface area contributed by atoms with Crippen LogP contribution in [0.25, 0.3) is 22.0 Å². The molecule has 2 aromatic heterocycles. The Bertz CT molecular complexity index is 973. The molecule has 1 aromatic carbocycles. The van der Waals surface area contributed by atoms with Crippen LogP contribution in [-0.2, 0) is 6.54 Å². The van der Waals surface area contributed by atoms with Gasteiger partial charge in [0, 0.05) is 42.5 Å². The summed E-state index contributed by atoms with van der Waals surface area (Å²) in [5.74, 6) is 0. The second kappa shape index (κ2) is 8.38. The molecule has 0 radical (unpaired) electrons. The highest BCUT2D eigenvalue weighted by Crippen LogP contribution is 2.26. The van der Waals surface area contributed by atoms with Crippen LogP contribution in [0.3, 0.4) is 0 Å². The van der Waals surface area contributed by atoms with Crippen LogP contribution in [0.2, 0.25) is 5.02 Å². The van der Waals surface area contributed by atoms with Crippen LogP contribution in [0.1, 0.15) is 32.4 Å². The zero-order chi connectivity index (χ0) is 20.4. The molecule has 0 saturated carbocycles. The minimum atomic E-state index is -1.13. The third kappa shape index (κ3) is 5.13. The van der Waals surface area contributed by atoms with Crippen LogP contribution in [-0.4, -0.2) is 51.4 Å². The Hall–Kier alpha value is -2.02. The molecule has 1 saturated heterocycles. The molecule has 7 heteroatoms. The van der Waals surface area contributed by atoms with Gasteiger partial charge in [0.2, 0.25) is 0 Å². The molecule has 5 nitrogen and oxygen atoms in total. The average molecular weight is 416 g/mol. The van der Waals surface area contributed by atoms with Gasteiger partial charge >= 0.3 is 0 Å². The summed E-state index contributed by atoms with van der Waals surface area (Å²) in [6.45, 7) is 6.39. The maximum Gasteiger partial charge on any atom is 0.118 e. The third-order valence-electron chi connectivity index (χ3n) is 5.43. The van der Waals surface area contributed by atoms with Crippen molar-refractivity contribution in [2.24, 2.45) is 0 Å². The predicted molar refractivity (Wildman–Crippen MR) is 116 cm³/mol. The number of nitrogens with one attached hydrogen (secondary N) is 2. The molecule has 0 amide bonds. The Labute approximate surface area is 175 Å². The predicted octanol–water partition coefficient (Wildman–Crippen LogP) is 4.58. The molecule has 0 atom stereocenters. The van der Waals surface area contributed by atoms with E-state index in [2.05, 4.69) is 31.5 Å². The van der Waals surface area contributed by atoms with Gasteiger partial charge in [0.25, 0.3) is 0 Å². The van der Waals surface area contributed by atoms with Gasteiger partial charge in [-0.2, -0.15) is 5.10 Å². The maximum absolute atomic E-state index is 13.9. The first kappa shape index (κ1) is 20.3.